The molecule has 0 radical (unpaired) electrons. The third kappa shape index (κ3) is 38.0. The molecule has 562 valence electrons. The molecule has 13 unspecified atom stereocenters. The fraction of sp³-hybridized carbons (Fsp3) is 1.00. The molecule has 0 aromatic rings. The summed E-state index contributed by atoms with van der Waals surface area (Å²) in [5.74, 6) is 11.3. The van der Waals surface area contributed by atoms with E-state index in [1.807, 2.05) is 30.6 Å². The fourth-order valence-electron chi connectivity index (χ4n) is 12.7. The van der Waals surface area contributed by atoms with Gasteiger partial charge in [-0.1, -0.05) is 34.1 Å². The van der Waals surface area contributed by atoms with E-state index in [9.17, 15) is 25.3 Å². The van der Waals surface area contributed by atoms with Crippen molar-refractivity contribution in [3.8, 4) is 0 Å². The third-order valence-electron chi connectivity index (χ3n) is 18.6. The van der Waals surface area contributed by atoms with Crippen molar-refractivity contribution < 1.29 is 91.6 Å². The number of thioether (sulfide) groups is 2. The largest absolute Gasteiger partial charge is 0.384 e. The third-order valence-corrected chi connectivity index (χ3v) is 28.6. The Bertz CT molecular complexity index is 2120. The molecule has 10 heterocycles. The number of sulfone groups is 2. The van der Waals surface area contributed by atoms with Crippen molar-refractivity contribution in [3.63, 3.8) is 0 Å². The molecule has 0 spiro atoms. The molecule has 0 amide bonds. The predicted octanol–water partition coefficient (Wildman–Crippen LogP) is 9.54. The Balaban J connectivity index is 0.000000357. The molecule has 1 aliphatic carbocycles. The molecule has 94 heavy (non-hydrogen) atoms. The first-order valence-corrected chi connectivity index (χ1v) is 43.1. The Morgan fingerprint density at radius 1 is 0.543 bits per heavy atom. The summed E-state index contributed by atoms with van der Waals surface area (Å²) in [4.78, 5) is 0. The van der Waals surface area contributed by atoms with Crippen LogP contribution < -0.4 is 0 Å². The molecule has 13 atom stereocenters. The smallest absolute Gasteiger partial charge is 0.155 e. The highest BCUT2D eigenvalue weighted by Crippen LogP contribution is 2.43. The number of hydrogen-bond donors (Lipinski definition) is 0. The topological polar surface area (TPSA) is 232 Å². The number of hydrogen-bond acceptors (Lipinski definition) is 22. The summed E-state index contributed by atoms with van der Waals surface area (Å²) in [6.07, 6.45) is 16.9. The van der Waals surface area contributed by atoms with Crippen molar-refractivity contribution in [3.05, 3.63) is 0 Å². The van der Waals surface area contributed by atoms with Crippen LogP contribution in [-0.2, 0) is 108 Å². The van der Waals surface area contributed by atoms with Crippen molar-refractivity contribution in [2.24, 2.45) is 46.3 Å². The molecule has 0 N–H and O–H groups in total. The predicted molar refractivity (Wildman–Crippen MR) is 386 cm³/mol. The Labute approximate surface area is 585 Å². The second kappa shape index (κ2) is 50.7. The quantitative estimate of drug-likeness (QED) is 0.117. The monoisotopic (exact) mass is 1460 g/mol. The van der Waals surface area contributed by atoms with Crippen molar-refractivity contribution >= 4 is 64.8 Å². The van der Waals surface area contributed by atoms with E-state index in [0.717, 1.165) is 152 Å². The lowest BCUT2D eigenvalue weighted by atomic mass is 9.82. The van der Waals surface area contributed by atoms with E-state index < -0.39 is 41.3 Å². The number of rotatable bonds is 19. The SMILES string of the molecule is COC1CCCC2CC(C)(C)OC21.COCC1CCCS1.COCC1CCCS1(=O)=O.COCC1CCCS1=O.COCC1CCS(=O)(=O)C1.COCC1CCS(=O)C1.COCC1CCSC1.COCC1COC1.COCC1COCC1(C)C.COCC1OCCC1(C)C. The van der Waals surface area contributed by atoms with Crippen LogP contribution in [0.4, 0.5) is 0 Å². The molecule has 26 heteroatoms. The molecule has 20 nitrogen and oxygen atoms in total. The molecule has 0 aromatic heterocycles. The first-order chi connectivity index (χ1) is 44.7. The average Bonchev–Trinajstić information content (AvgIpc) is 1.74. The summed E-state index contributed by atoms with van der Waals surface area (Å²) in [6, 6.07) is 0. The van der Waals surface area contributed by atoms with E-state index in [0.29, 0.717) is 89.2 Å². The zero-order chi connectivity index (χ0) is 70.1. The Morgan fingerprint density at radius 3 is 1.63 bits per heavy atom. The Morgan fingerprint density at radius 2 is 1.18 bits per heavy atom. The maximum atomic E-state index is 11.1. The van der Waals surface area contributed by atoms with Gasteiger partial charge in [0.25, 0.3) is 0 Å². The van der Waals surface area contributed by atoms with E-state index in [1.54, 1.807) is 56.9 Å². The minimum absolute atomic E-state index is 0.0798. The van der Waals surface area contributed by atoms with Gasteiger partial charge in [0.1, 0.15) is 0 Å². The minimum atomic E-state index is -2.77. The van der Waals surface area contributed by atoms with Crippen LogP contribution in [0.25, 0.3) is 0 Å². The van der Waals surface area contributed by atoms with Crippen molar-refractivity contribution in [2.75, 3.05) is 215 Å². The van der Waals surface area contributed by atoms with Crippen molar-refractivity contribution in [1.82, 2.24) is 0 Å². The van der Waals surface area contributed by atoms with Gasteiger partial charge in [0.15, 0.2) is 19.7 Å². The zero-order valence-corrected chi connectivity index (χ0v) is 66.1. The fourth-order valence-corrected chi connectivity index (χ4v) is 21.8. The highest BCUT2D eigenvalue weighted by atomic mass is 32.2. The first kappa shape index (κ1) is 90.4. The molecule has 0 aromatic carbocycles. The van der Waals surface area contributed by atoms with E-state index in [4.69, 9.17) is 66.3 Å². The standard InChI is InChI=1S/C11H20O2.2C8H16O2.2C6H12O3S.2C6H12O2S.2C6H12OS.C5H10O2/c1-11(2)7-8-5-4-6-9(12-3)10(8)13-11;1-8(2)6-10-5-7(8)4-9-3;1-8(2)4-5-10-7(8)6-9-3;1-9-4-6-2-3-10(7,8)5-6;1-9-5-6-3-2-4-10(6,7)8;1-8-4-6-2-3-9(7)5-6;1-8-5-6-3-2-4-9(6)7;1-7-4-6-2-3-8-5-6;1-7-5-6-3-2-4-8-6;1-6-2-5-3-7-4-5/h8-10H,4-7H2,1-3H3;2*7H,4-6H2,1-3H3;2*6H,2-5H2,1H3;2*6H,2-5H2,1H3;2*6H,2-5H2,1H3;5H,2-4H2,1H3. The van der Waals surface area contributed by atoms with Crippen LogP contribution >= 0.6 is 23.5 Å². The van der Waals surface area contributed by atoms with Crippen molar-refractivity contribution in [1.29, 1.82) is 0 Å². The molecular weight excluding hydrogens is 1330 g/mol. The van der Waals surface area contributed by atoms with Gasteiger partial charge in [-0.05, 0) is 149 Å². The molecule has 0 bridgehead atoms. The van der Waals surface area contributed by atoms with Crippen LogP contribution in [0.2, 0.25) is 0 Å². The second-order valence-electron chi connectivity index (χ2n) is 28.4. The molecule has 11 aliphatic rings. The van der Waals surface area contributed by atoms with E-state index in [-0.39, 0.29) is 16.8 Å². The van der Waals surface area contributed by atoms with Gasteiger partial charge in [-0.2, -0.15) is 23.5 Å². The summed E-state index contributed by atoms with van der Waals surface area (Å²) in [5, 5.41) is 0.910. The number of ether oxygens (including phenoxy) is 14. The van der Waals surface area contributed by atoms with Gasteiger partial charge < -0.3 is 66.3 Å². The zero-order valence-electron chi connectivity index (χ0n) is 61.2. The highest BCUT2D eigenvalue weighted by molar-refractivity contribution is 8.00. The van der Waals surface area contributed by atoms with Crippen molar-refractivity contribution in [2.45, 2.75) is 171 Å². The van der Waals surface area contributed by atoms with Gasteiger partial charge in [0.2, 0.25) is 0 Å². The molecule has 10 saturated heterocycles. The van der Waals surface area contributed by atoms with Gasteiger partial charge in [-0.15, -0.1) is 0 Å². The van der Waals surface area contributed by atoms with Gasteiger partial charge in [0.05, 0.1) is 124 Å². The Hall–Kier alpha value is 0.340. The van der Waals surface area contributed by atoms with Gasteiger partial charge in [0, 0.05) is 147 Å². The average molecular weight is 1460 g/mol. The normalized spacial score (nSPS) is 32.4. The van der Waals surface area contributed by atoms with E-state index >= 15 is 0 Å². The van der Waals surface area contributed by atoms with Gasteiger partial charge >= 0.3 is 0 Å². The second-order valence-corrected chi connectivity index (χ2v) is 39.0. The maximum Gasteiger partial charge on any atom is 0.155 e. The summed E-state index contributed by atoms with van der Waals surface area (Å²) >= 11 is 4.08. The van der Waals surface area contributed by atoms with Gasteiger partial charge in [-0.3, -0.25) is 8.42 Å². The van der Waals surface area contributed by atoms with Gasteiger partial charge in [-0.25, -0.2) is 16.8 Å². The number of fused-ring (bicyclic) bond motifs is 1. The van der Waals surface area contributed by atoms with Crippen LogP contribution in [0.3, 0.4) is 0 Å². The molecule has 10 aliphatic heterocycles. The summed E-state index contributed by atoms with van der Waals surface area (Å²) in [5.41, 5.74) is 0.711. The van der Waals surface area contributed by atoms with Crippen LogP contribution in [0, 0.1) is 46.3 Å². The first-order valence-electron chi connectivity index (χ1n) is 34.4. The lowest BCUT2D eigenvalue weighted by Crippen LogP contribution is -2.37. The molecular formula is C68H134O20S6. The number of methoxy groups -OCH3 is 10. The van der Waals surface area contributed by atoms with Crippen LogP contribution in [0.5, 0.6) is 0 Å². The minimum Gasteiger partial charge on any atom is -0.384 e. The highest BCUT2D eigenvalue weighted by Gasteiger charge is 2.46. The van der Waals surface area contributed by atoms with Crippen LogP contribution in [0.1, 0.15) is 131 Å². The lowest BCUT2D eigenvalue weighted by Gasteiger charge is -2.31. The Kier molecular flexibility index (Phi) is 48.7. The maximum absolute atomic E-state index is 11.1. The van der Waals surface area contributed by atoms with E-state index in [2.05, 4.69) is 41.5 Å². The lowest BCUT2D eigenvalue weighted by molar-refractivity contribution is -0.104. The molecule has 1 saturated carbocycles. The van der Waals surface area contributed by atoms with Crippen LogP contribution in [0.15, 0.2) is 0 Å². The molecule has 11 rings (SSSR count). The van der Waals surface area contributed by atoms with E-state index in [1.165, 1.54) is 69.3 Å². The summed E-state index contributed by atoms with van der Waals surface area (Å²) < 4.78 is 137. The summed E-state index contributed by atoms with van der Waals surface area (Å²) in [7, 11) is 10.5. The molecule has 11 fully saturated rings. The van der Waals surface area contributed by atoms with Crippen LogP contribution in [-0.4, -0.2) is 280 Å². The summed E-state index contributed by atoms with van der Waals surface area (Å²) in [6.45, 7) is 24.4.